The SMILES string of the molecule is CC1(C(=O)CN)CCCNC1. The number of Topliss-reactive ketones (excluding diaryl/α,β-unsaturated/α-hetero) is 1. The van der Waals surface area contributed by atoms with E-state index in [0.717, 1.165) is 25.9 Å². The van der Waals surface area contributed by atoms with Gasteiger partial charge in [0.1, 0.15) is 0 Å². The molecule has 3 heteroatoms. The van der Waals surface area contributed by atoms with E-state index in [2.05, 4.69) is 5.32 Å². The maximum atomic E-state index is 11.3. The van der Waals surface area contributed by atoms with Crippen LogP contribution in [0.5, 0.6) is 0 Å². The number of hydrogen-bond acceptors (Lipinski definition) is 3. The highest BCUT2D eigenvalue weighted by Gasteiger charge is 2.32. The Kier molecular flexibility index (Phi) is 2.62. The third-order valence-electron chi connectivity index (χ3n) is 2.46. The fourth-order valence-electron chi connectivity index (χ4n) is 1.54. The van der Waals surface area contributed by atoms with E-state index >= 15 is 0 Å². The molecular weight excluding hydrogens is 140 g/mol. The lowest BCUT2D eigenvalue weighted by atomic mass is 9.79. The molecule has 0 saturated carbocycles. The second-order valence-electron chi connectivity index (χ2n) is 3.47. The lowest BCUT2D eigenvalue weighted by Gasteiger charge is -2.32. The monoisotopic (exact) mass is 156 g/mol. The highest BCUT2D eigenvalue weighted by Crippen LogP contribution is 2.25. The molecule has 0 radical (unpaired) electrons. The summed E-state index contributed by atoms with van der Waals surface area (Å²) in [5.74, 6) is 0.185. The van der Waals surface area contributed by atoms with Crippen LogP contribution in [0.1, 0.15) is 19.8 Å². The van der Waals surface area contributed by atoms with Crippen molar-refractivity contribution in [3.05, 3.63) is 0 Å². The van der Waals surface area contributed by atoms with Gasteiger partial charge in [-0.1, -0.05) is 6.92 Å². The molecule has 1 heterocycles. The first-order valence-corrected chi connectivity index (χ1v) is 4.13. The maximum Gasteiger partial charge on any atom is 0.153 e. The summed E-state index contributed by atoms with van der Waals surface area (Å²) in [5, 5.41) is 3.21. The molecule has 0 aromatic carbocycles. The van der Waals surface area contributed by atoms with Crippen LogP contribution in [0.3, 0.4) is 0 Å². The van der Waals surface area contributed by atoms with Gasteiger partial charge in [-0.3, -0.25) is 4.79 Å². The minimum absolute atomic E-state index is 0.179. The Morgan fingerprint density at radius 2 is 2.45 bits per heavy atom. The number of piperidine rings is 1. The first-order chi connectivity index (χ1) is 5.19. The van der Waals surface area contributed by atoms with E-state index in [1.807, 2.05) is 6.92 Å². The Morgan fingerprint density at radius 3 is 2.91 bits per heavy atom. The van der Waals surface area contributed by atoms with Crippen molar-refractivity contribution in [2.45, 2.75) is 19.8 Å². The molecule has 1 rings (SSSR count). The van der Waals surface area contributed by atoms with Crippen molar-refractivity contribution in [1.82, 2.24) is 5.32 Å². The van der Waals surface area contributed by atoms with E-state index in [0.29, 0.717) is 0 Å². The standard InChI is InChI=1S/C8H16N2O/c1-8(7(11)5-9)3-2-4-10-6-8/h10H,2-6,9H2,1H3. The minimum atomic E-state index is -0.188. The van der Waals surface area contributed by atoms with Crippen molar-refractivity contribution in [3.63, 3.8) is 0 Å². The van der Waals surface area contributed by atoms with Crippen molar-refractivity contribution in [2.24, 2.45) is 11.1 Å². The molecule has 3 N–H and O–H groups in total. The van der Waals surface area contributed by atoms with Gasteiger partial charge in [-0.25, -0.2) is 0 Å². The van der Waals surface area contributed by atoms with Crippen molar-refractivity contribution in [2.75, 3.05) is 19.6 Å². The highest BCUT2D eigenvalue weighted by molar-refractivity contribution is 5.86. The number of carbonyl (C=O) groups is 1. The average molecular weight is 156 g/mol. The first-order valence-electron chi connectivity index (χ1n) is 4.13. The Hall–Kier alpha value is -0.410. The van der Waals surface area contributed by atoms with Crippen molar-refractivity contribution in [1.29, 1.82) is 0 Å². The molecule has 1 aliphatic heterocycles. The molecule has 1 atom stereocenters. The zero-order valence-electron chi connectivity index (χ0n) is 7.02. The van der Waals surface area contributed by atoms with Crippen LogP contribution < -0.4 is 11.1 Å². The largest absolute Gasteiger partial charge is 0.324 e. The molecule has 1 aliphatic rings. The van der Waals surface area contributed by atoms with Crippen LogP contribution in [-0.2, 0) is 4.79 Å². The highest BCUT2D eigenvalue weighted by atomic mass is 16.1. The first kappa shape index (κ1) is 8.68. The second-order valence-corrected chi connectivity index (χ2v) is 3.47. The van der Waals surface area contributed by atoms with Crippen LogP contribution in [-0.4, -0.2) is 25.4 Å². The summed E-state index contributed by atoms with van der Waals surface area (Å²) in [5.41, 5.74) is 5.12. The van der Waals surface area contributed by atoms with Crippen molar-refractivity contribution < 1.29 is 4.79 Å². The Balaban J connectivity index is 2.56. The summed E-state index contributed by atoms with van der Waals surface area (Å²) >= 11 is 0. The van der Waals surface area contributed by atoms with Gasteiger partial charge in [0.25, 0.3) is 0 Å². The molecule has 0 bridgehead atoms. The Morgan fingerprint density at radius 1 is 1.73 bits per heavy atom. The van der Waals surface area contributed by atoms with Crippen LogP contribution in [0.25, 0.3) is 0 Å². The van der Waals surface area contributed by atoms with Gasteiger partial charge in [0.05, 0.1) is 6.54 Å². The molecule has 0 aromatic rings. The Bertz CT molecular complexity index is 150. The number of rotatable bonds is 2. The smallest absolute Gasteiger partial charge is 0.153 e. The van der Waals surface area contributed by atoms with E-state index < -0.39 is 0 Å². The van der Waals surface area contributed by atoms with E-state index in [4.69, 9.17) is 5.73 Å². The van der Waals surface area contributed by atoms with E-state index in [-0.39, 0.29) is 17.7 Å². The van der Waals surface area contributed by atoms with Gasteiger partial charge in [0.2, 0.25) is 0 Å². The molecule has 0 aliphatic carbocycles. The van der Waals surface area contributed by atoms with Gasteiger partial charge in [-0.05, 0) is 19.4 Å². The zero-order valence-corrected chi connectivity index (χ0v) is 7.02. The van der Waals surface area contributed by atoms with Crippen molar-refractivity contribution >= 4 is 5.78 Å². The van der Waals surface area contributed by atoms with Crippen LogP contribution in [0.15, 0.2) is 0 Å². The molecule has 1 unspecified atom stereocenters. The predicted octanol–water partition coefficient (Wildman–Crippen LogP) is -0.0961. The number of nitrogens with two attached hydrogens (primary N) is 1. The fraction of sp³-hybridized carbons (Fsp3) is 0.875. The van der Waals surface area contributed by atoms with Gasteiger partial charge in [0.15, 0.2) is 5.78 Å². The molecular formula is C8H16N2O. The summed E-state index contributed by atoms with van der Waals surface area (Å²) < 4.78 is 0. The van der Waals surface area contributed by atoms with Gasteiger partial charge < -0.3 is 11.1 Å². The van der Waals surface area contributed by atoms with E-state index in [1.54, 1.807) is 0 Å². The van der Waals surface area contributed by atoms with E-state index in [1.165, 1.54) is 0 Å². The van der Waals surface area contributed by atoms with Gasteiger partial charge in [-0.15, -0.1) is 0 Å². The molecule has 0 aromatic heterocycles. The average Bonchev–Trinajstić information content (AvgIpc) is 2.04. The van der Waals surface area contributed by atoms with Gasteiger partial charge in [-0.2, -0.15) is 0 Å². The van der Waals surface area contributed by atoms with Gasteiger partial charge >= 0.3 is 0 Å². The maximum absolute atomic E-state index is 11.3. The molecule has 1 saturated heterocycles. The molecule has 1 fully saturated rings. The topological polar surface area (TPSA) is 55.1 Å². The van der Waals surface area contributed by atoms with E-state index in [9.17, 15) is 4.79 Å². The fourth-order valence-corrected chi connectivity index (χ4v) is 1.54. The summed E-state index contributed by atoms with van der Waals surface area (Å²) in [4.78, 5) is 11.3. The molecule has 64 valence electrons. The lowest BCUT2D eigenvalue weighted by molar-refractivity contribution is -0.127. The van der Waals surface area contributed by atoms with Crippen molar-refractivity contribution in [3.8, 4) is 0 Å². The molecule has 3 nitrogen and oxygen atoms in total. The number of carbonyl (C=O) groups excluding carboxylic acids is 1. The molecule has 11 heavy (non-hydrogen) atoms. The van der Waals surface area contributed by atoms with Crippen LogP contribution in [0, 0.1) is 5.41 Å². The third-order valence-corrected chi connectivity index (χ3v) is 2.46. The second kappa shape index (κ2) is 3.32. The quantitative estimate of drug-likeness (QED) is 0.587. The summed E-state index contributed by atoms with van der Waals surface area (Å²) in [7, 11) is 0. The predicted molar refractivity (Wildman–Crippen MR) is 44.3 cm³/mol. The number of hydrogen-bond donors (Lipinski definition) is 2. The summed E-state index contributed by atoms with van der Waals surface area (Å²) in [6.45, 7) is 4.00. The molecule has 0 amide bonds. The Labute approximate surface area is 67.3 Å². The lowest BCUT2D eigenvalue weighted by Crippen LogP contribution is -2.45. The minimum Gasteiger partial charge on any atom is -0.324 e. The van der Waals surface area contributed by atoms with Crippen LogP contribution >= 0.6 is 0 Å². The van der Waals surface area contributed by atoms with Crippen LogP contribution in [0.2, 0.25) is 0 Å². The summed E-state index contributed by atoms with van der Waals surface area (Å²) in [6.07, 6.45) is 2.07. The van der Waals surface area contributed by atoms with Gasteiger partial charge in [0, 0.05) is 12.0 Å². The third kappa shape index (κ3) is 1.79. The van der Waals surface area contributed by atoms with Crippen LogP contribution in [0.4, 0.5) is 0 Å². The number of ketones is 1. The zero-order chi connectivity index (χ0) is 8.32. The summed E-state index contributed by atoms with van der Waals surface area (Å²) in [6, 6.07) is 0. The molecule has 0 spiro atoms. The number of nitrogens with one attached hydrogen (secondary N) is 1. The normalized spacial score (nSPS) is 31.8.